The third kappa shape index (κ3) is 4.82. The predicted molar refractivity (Wildman–Crippen MR) is 95.0 cm³/mol. The van der Waals surface area contributed by atoms with Gasteiger partial charge in [0.15, 0.2) is 0 Å². The molecule has 0 aliphatic carbocycles. The van der Waals surface area contributed by atoms with Gasteiger partial charge in [0.05, 0.1) is 5.92 Å². The number of amides is 3. The number of likely N-dealkylation sites (tertiary alicyclic amines) is 1. The summed E-state index contributed by atoms with van der Waals surface area (Å²) in [5.74, 6) is -0.595. The van der Waals surface area contributed by atoms with Crippen LogP contribution in [0.15, 0.2) is 30.3 Å². The minimum absolute atomic E-state index is 0.000637. The van der Waals surface area contributed by atoms with Crippen molar-refractivity contribution in [2.24, 2.45) is 5.92 Å². The van der Waals surface area contributed by atoms with E-state index in [1.165, 1.54) is 0 Å². The van der Waals surface area contributed by atoms with Gasteiger partial charge >= 0.3 is 0 Å². The zero-order chi connectivity index (χ0) is 18.4. The zero-order valence-electron chi connectivity index (χ0n) is 14.8. The summed E-state index contributed by atoms with van der Waals surface area (Å²) in [5.41, 5.74) is 1.05. The van der Waals surface area contributed by atoms with E-state index in [2.05, 4.69) is 10.6 Å². The molecule has 0 saturated carbocycles. The summed E-state index contributed by atoms with van der Waals surface area (Å²) in [6.45, 7) is 2.30. The van der Waals surface area contributed by atoms with Gasteiger partial charge in [-0.25, -0.2) is 0 Å². The first kappa shape index (κ1) is 18.4. The highest BCUT2D eigenvalue weighted by molar-refractivity contribution is 5.89. The van der Waals surface area contributed by atoms with Crippen LogP contribution in [-0.4, -0.2) is 55.0 Å². The fourth-order valence-corrected chi connectivity index (χ4v) is 3.32. The van der Waals surface area contributed by atoms with Gasteiger partial charge < -0.3 is 20.3 Å². The summed E-state index contributed by atoms with van der Waals surface area (Å²) in [6.07, 6.45) is 1.54. The van der Waals surface area contributed by atoms with Crippen LogP contribution in [0.3, 0.4) is 0 Å². The molecule has 0 aromatic heterocycles. The lowest BCUT2D eigenvalue weighted by Gasteiger charge is -2.17. The van der Waals surface area contributed by atoms with Gasteiger partial charge in [-0.1, -0.05) is 30.3 Å². The number of ether oxygens (including phenoxy) is 1. The molecule has 2 fully saturated rings. The van der Waals surface area contributed by atoms with E-state index in [-0.39, 0.29) is 36.2 Å². The van der Waals surface area contributed by atoms with E-state index >= 15 is 0 Å². The highest BCUT2D eigenvalue weighted by Gasteiger charge is 2.34. The first-order valence-electron chi connectivity index (χ1n) is 9.12. The van der Waals surface area contributed by atoms with Gasteiger partial charge in [0.25, 0.3) is 0 Å². The van der Waals surface area contributed by atoms with Crippen LogP contribution in [0.5, 0.6) is 0 Å². The third-order valence-electron chi connectivity index (χ3n) is 4.75. The van der Waals surface area contributed by atoms with Crippen molar-refractivity contribution < 1.29 is 19.1 Å². The van der Waals surface area contributed by atoms with E-state index in [1.807, 2.05) is 30.3 Å². The number of nitrogens with zero attached hydrogens (tertiary/aromatic N) is 1. The minimum atomic E-state index is -0.357. The highest BCUT2D eigenvalue weighted by atomic mass is 16.5. The van der Waals surface area contributed by atoms with E-state index in [0.717, 1.165) is 18.4 Å². The molecule has 7 heteroatoms. The number of nitrogens with one attached hydrogen (secondary N) is 2. The maximum absolute atomic E-state index is 12.3. The van der Waals surface area contributed by atoms with Crippen molar-refractivity contribution in [2.75, 3.05) is 26.2 Å². The molecule has 1 aromatic rings. The van der Waals surface area contributed by atoms with Gasteiger partial charge in [-0.3, -0.25) is 14.4 Å². The van der Waals surface area contributed by atoms with Crippen LogP contribution in [-0.2, 0) is 25.7 Å². The van der Waals surface area contributed by atoms with Crippen molar-refractivity contribution in [3.63, 3.8) is 0 Å². The highest BCUT2D eigenvalue weighted by Crippen LogP contribution is 2.20. The molecule has 0 radical (unpaired) electrons. The Morgan fingerprint density at radius 2 is 1.85 bits per heavy atom. The van der Waals surface area contributed by atoms with Crippen LogP contribution in [0.1, 0.15) is 24.8 Å². The lowest BCUT2D eigenvalue weighted by Crippen LogP contribution is -2.41. The van der Waals surface area contributed by atoms with E-state index in [1.54, 1.807) is 4.90 Å². The summed E-state index contributed by atoms with van der Waals surface area (Å²) < 4.78 is 5.30. The smallest absolute Gasteiger partial charge is 0.249 e. The van der Waals surface area contributed by atoms with Crippen LogP contribution >= 0.6 is 0 Å². The van der Waals surface area contributed by atoms with Crippen LogP contribution < -0.4 is 10.6 Å². The van der Waals surface area contributed by atoms with E-state index in [4.69, 9.17) is 4.74 Å². The Hall–Kier alpha value is -2.41. The molecule has 0 bridgehead atoms. The summed E-state index contributed by atoms with van der Waals surface area (Å²) in [5, 5.41) is 5.57. The van der Waals surface area contributed by atoms with Crippen molar-refractivity contribution in [1.82, 2.24) is 15.5 Å². The average Bonchev–Trinajstić information content (AvgIpc) is 3.30. The first-order chi connectivity index (χ1) is 12.6. The maximum Gasteiger partial charge on any atom is 0.249 e. The van der Waals surface area contributed by atoms with Gasteiger partial charge in [0.2, 0.25) is 17.7 Å². The Bertz CT molecular complexity index is 643. The second-order valence-electron chi connectivity index (χ2n) is 6.74. The molecule has 3 rings (SSSR count). The number of rotatable bonds is 7. The fraction of sp³-hybridized carbons (Fsp3) is 0.526. The van der Waals surface area contributed by atoms with Gasteiger partial charge in [0, 0.05) is 39.2 Å². The molecule has 2 aliphatic heterocycles. The Balaban J connectivity index is 1.37. The van der Waals surface area contributed by atoms with Crippen LogP contribution in [0, 0.1) is 5.92 Å². The van der Waals surface area contributed by atoms with Gasteiger partial charge in [-0.15, -0.1) is 0 Å². The molecule has 2 aliphatic rings. The molecule has 2 atom stereocenters. The van der Waals surface area contributed by atoms with E-state index in [0.29, 0.717) is 32.8 Å². The van der Waals surface area contributed by atoms with Crippen molar-refractivity contribution in [3.8, 4) is 0 Å². The molecule has 2 saturated heterocycles. The summed E-state index contributed by atoms with van der Waals surface area (Å²) in [4.78, 5) is 37.9. The van der Waals surface area contributed by atoms with E-state index in [9.17, 15) is 14.4 Å². The summed E-state index contributed by atoms with van der Waals surface area (Å²) in [6, 6.07) is 9.74. The SMILES string of the molecule is O=C(NCCNC(=O)C1CCCO1)C1CC(=O)N(Cc2ccccc2)C1. The largest absolute Gasteiger partial charge is 0.368 e. The first-order valence-corrected chi connectivity index (χ1v) is 9.12. The molecule has 2 heterocycles. The maximum atomic E-state index is 12.3. The van der Waals surface area contributed by atoms with Crippen molar-refractivity contribution in [1.29, 1.82) is 0 Å². The quantitative estimate of drug-likeness (QED) is 0.692. The van der Waals surface area contributed by atoms with Crippen LogP contribution in [0.4, 0.5) is 0 Å². The van der Waals surface area contributed by atoms with Crippen LogP contribution in [0.2, 0.25) is 0 Å². The zero-order valence-corrected chi connectivity index (χ0v) is 14.8. The minimum Gasteiger partial charge on any atom is -0.368 e. The normalized spacial score (nSPS) is 22.5. The summed E-state index contributed by atoms with van der Waals surface area (Å²) >= 11 is 0. The average molecular weight is 359 g/mol. The van der Waals surface area contributed by atoms with Gasteiger partial charge in [0.1, 0.15) is 6.10 Å². The lowest BCUT2D eigenvalue weighted by atomic mass is 10.1. The monoisotopic (exact) mass is 359 g/mol. The molecule has 2 unspecified atom stereocenters. The Morgan fingerprint density at radius 3 is 2.54 bits per heavy atom. The molecule has 1 aromatic carbocycles. The second-order valence-corrected chi connectivity index (χ2v) is 6.74. The van der Waals surface area contributed by atoms with Crippen molar-refractivity contribution >= 4 is 17.7 Å². The van der Waals surface area contributed by atoms with Crippen LogP contribution in [0.25, 0.3) is 0 Å². The number of carbonyl (C=O) groups excluding carboxylic acids is 3. The lowest BCUT2D eigenvalue weighted by molar-refractivity contribution is -0.130. The third-order valence-corrected chi connectivity index (χ3v) is 4.75. The van der Waals surface area contributed by atoms with Crippen molar-refractivity contribution in [3.05, 3.63) is 35.9 Å². The molecule has 3 amide bonds. The molecular weight excluding hydrogens is 334 g/mol. The summed E-state index contributed by atoms with van der Waals surface area (Å²) in [7, 11) is 0. The Labute approximate surface area is 153 Å². The van der Waals surface area contributed by atoms with E-state index < -0.39 is 0 Å². The number of hydrogen-bond acceptors (Lipinski definition) is 4. The molecule has 140 valence electrons. The molecular formula is C19H25N3O4. The molecule has 26 heavy (non-hydrogen) atoms. The number of hydrogen-bond donors (Lipinski definition) is 2. The number of benzene rings is 1. The topological polar surface area (TPSA) is 87.7 Å². The van der Waals surface area contributed by atoms with Gasteiger partial charge in [-0.2, -0.15) is 0 Å². The predicted octanol–water partition coefficient (Wildman–Crippen LogP) is 0.447. The number of carbonyl (C=O) groups is 3. The standard InChI is InChI=1S/C19H25N3O4/c23-17-11-15(13-22(17)12-14-5-2-1-3-6-14)18(24)20-8-9-21-19(25)16-7-4-10-26-16/h1-3,5-6,15-16H,4,7-13H2,(H,20,24)(H,21,25). The Kier molecular flexibility index (Phi) is 6.22. The molecule has 0 spiro atoms. The molecule has 7 nitrogen and oxygen atoms in total. The Morgan fingerprint density at radius 1 is 1.12 bits per heavy atom. The van der Waals surface area contributed by atoms with Crippen molar-refractivity contribution in [2.45, 2.75) is 31.9 Å². The molecule has 2 N–H and O–H groups in total. The van der Waals surface area contributed by atoms with Gasteiger partial charge in [-0.05, 0) is 18.4 Å². The second kappa shape index (κ2) is 8.80. The fourth-order valence-electron chi connectivity index (χ4n) is 3.32.